The third-order valence-electron chi connectivity index (χ3n) is 4.19. The first-order valence-corrected chi connectivity index (χ1v) is 8.90. The molecule has 0 aliphatic carbocycles. The molecule has 1 aliphatic rings. The van der Waals surface area contributed by atoms with E-state index >= 15 is 0 Å². The van der Waals surface area contributed by atoms with E-state index in [9.17, 15) is 9.59 Å². The van der Waals surface area contributed by atoms with Gasteiger partial charge in [0.15, 0.2) is 0 Å². The van der Waals surface area contributed by atoms with Crippen molar-refractivity contribution in [1.29, 1.82) is 0 Å². The van der Waals surface area contributed by atoms with E-state index in [1.807, 2.05) is 13.8 Å². The number of benzene rings is 1. The van der Waals surface area contributed by atoms with Crippen LogP contribution in [0.3, 0.4) is 0 Å². The molecule has 0 spiro atoms. The summed E-state index contributed by atoms with van der Waals surface area (Å²) >= 11 is 1.60. The molecule has 2 heterocycles. The second kappa shape index (κ2) is 6.73. The number of aromatic nitrogens is 1. The summed E-state index contributed by atoms with van der Waals surface area (Å²) in [6.07, 6.45) is 0.983. The highest BCUT2D eigenvalue weighted by Crippen LogP contribution is 2.32. The maximum absolute atomic E-state index is 12.3. The second-order valence-electron chi connectivity index (χ2n) is 6.22. The molecule has 1 aliphatic heterocycles. The number of hydrogen-bond donors (Lipinski definition) is 2. The van der Waals surface area contributed by atoms with Crippen molar-refractivity contribution < 1.29 is 9.59 Å². The fourth-order valence-corrected chi connectivity index (χ4v) is 3.89. The minimum absolute atomic E-state index is 0.0570. The Labute approximate surface area is 145 Å². The van der Waals surface area contributed by atoms with Crippen molar-refractivity contribution in [3.8, 4) is 10.6 Å². The van der Waals surface area contributed by atoms with Crippen LogP contribution in [0.2, 0.25) is 0 Å². The number of thiazole rings is 1. The van der Waals surface area contributed by atoms with Crippen molar-refractivity contribution in [1.82, 2.24) is 15.6 Å². The summed E-state index contributed by atoms with van der Waals surface area (Å²) in [6.45, 7) is 5.97. The van der Waals surface area contributed by atoms with Gasteiger partial charge in [-0.3, -0.25) is 9.59 Å². The molecule has 5 nitrogen and oxygen atoms in total. The molecule has 0 saturated carbocycles. The normalized spacial score (nSPS) is 18.3. The molecule has 126 valence electrons. The van der Waals surface area contributed by atoms with E-state index < -0.39 is 6.04 Å². The van der Waals surface area contributed by atoms with Gasteiger partial charge >= 0.3 is 0 Å². The molecule has 2 atom stereocenters. The zero-order valence-electron chi connectivity index (χ0n) is 14.1. The molecule has 1 aromatic carbocycles. The van der Waals surface area contributed by atoms with Crippen LogP contribution in [0.5, 0.6) is 0 Å². The van der Waals surface area contributed by atoms with Gasteiger partial charge in [0, 0.05) is 12.0 Å². The standard InChI is InChI=1S/C18H21N3O2S/c1-10-4-6-13(7-5-10)18-20-12(3)16(24-18)11(2)19-17(23)14-8-9-15(22)21-14/h4-7,11,14H,8-9H2,1-3H3,(H,19,23)(H,21,22)/t11-,14-/m1/s1. The average Bonchev–Trinajstić information content (AvgIpc) is 3.14. The van der Waals surface area contributed by atoms with E-state index in [0.29, 0.717) is 12.8 Å². The minimum atomic E-state index is -0.412. The molecule has 0 radical (unpaired) electrons. The molecular formula is C18H21N3O2S. The van der Waals surface area contributed by atoms with E-state index in [1.165, 1.54) is 5.56 Å². The van der Waals surface area contributed by atoms with Crippen LogP contribution in [-0.2, 0) is 9.59 Å². The molecule has 1 saturated heterocycles. The summed E-state index contributed by atoms with van der Waals surface area (Å²) in [5, 5.41) is 6.64. The Hall–Kier alpha value is -2.21. The Morgan fingerprint density at radius 1 is 1.33 bits per heavy atom. The van der Waals surface area contributed by atoms with Crippen LogP contribution in [0.1, 0.15) is 41.9 Å². The molecule has 3 rings (SSSR count). The number of aryl methyl sites for hydroxylation is 2. The predicted molar refractivity (Wildman–Crippen MR) is 94.7 cm³/mol. The largest absolute Gasteiger partial charge is 0.347 e. The third-order valence-corrected chi connectivity index (χ3v) is 5.58. The summed E-state index contributed by atoms with van der Waals surface area (Å²) in [5.41, 5.74) is 3.23. The first-order chi connectivity index (χ1) is 11.4. The summed E-state index contributed by atoms with van der Waals surface area (Å²) in [4.78, 5) is 29.2. The first kappa shape index (κ1) is 16.6. The van der Waals surface area contributed by atoms with Crippen molar-refractivity contribution in [3.63, 3.8) is 0 Å². The first-order valence-electron chi connectivity index (χ1n) is 8.08. The van der Waals surface area contributed by atoms with Crippen molar-refractivity contribution >= 4 is 23.2 Å². The number of nitrogens with zero attached hydrogens (tertiary/aromatic N) is 1. The lowest BCUT2D eigenvalue weighted by molar-refractivity contribution is -0.126. The molecule has 1 aromatic heterocycles. The predicted octanol–water partition coefficient (Wildman–Crippen LogP) is 2.88. The third kappa shape index (κ3) is 3.48. The topological polar surface area (TPSA) is 71.1 Å². The molecule has 24 heavy (non-hydrogen) atoms. The van der Waals surface area contributed by atoms with Crippen LogP contribution in [-0.4, -0.2) is 22.8 Å². The van der Waals surface area contributed by atoms with Crippen LogP contribution >= 0.6 is 11.3 Å². The molecule has 1 fully saturated rings. The summed E-state index contributed by atoms with van der Waals surface area (Å²) in [7, 11) is 0. The average molecular weight is 343 g/mol. The molecule has 2 N–H and O–H groups in total. The lowest BCUT2D eigenvalue weighted by Gasteiger charge is -2.16. The highest BCUT2D eigenvalue weighted by atomic mass is 32.1. The molecule has 2 aromatic rings. The van der Waals surface area contributed by atoms with Crippen molar-refractivity contribution in [2.24, 2.45) is 0 Å². The number of rotatable bonds is 4. The van der Waals surface area contributed by atoms with Crippen LogP contribution in [0.15, 0.2) is 24.3 Å². The van der Waals surface area contributed by atoms with Crippen molar-refractivity contribution in [2.45, 2.75) is 45.7 Å². The van der Waals surface area contributed by atoms with Gasteiger partial charge in [0.05, 0.1) is 16.6 Å². The summed E-state index contributed by atoms with van der Waals surface area (Å²) in [5.74, 6) is -0.184. The monoisotopic (exact) mass is 343 g/mol. The Bertz CT molecular complexity index is 767. The van der Waals surface area contributed by atoms with Crippen LogP contribution < -0.4 is 10.6 Å². The smallest absolute Gasteiger partial charge is 0.243 e. The quantitative estimate of drug-likeness (QED) is 0.897. The molecular weight excluding hydrogens is 322 g/mol. The van der Waals surface area contributed by atoms with E-state index in [4.69, 9.17) is 0 Å². The van der Waals surface area contributed by atoms with E-state index in [-0.39, 0.29) is 17.9 Å². The van der Waals surface area contributed by atoms with Crippen molar-refractivity contribution in [2.75, 3.05) is 0 Å². The zero-order valence-corrected chi connectivity index (χ0v) is 14.9. The fourth-order valence-electron chi connectivity index (χ4n) is 2.82. The van der Waals surface area contributed by atoms with Crippen LogP contribution in [0, 0.1) is 13.8 Å². The number of carbonyl (C=O) groups excluding carboxylic acids is 2. The molecule has 0 bridgehead atoms. The van der Waals surface area contributed by atoms with Gasteiger partial charge in [0.2, 0.25) is 11.8 Å². The van der Waals surface area contributed by atoms with Gasteiger partial charge in [-0.15, -0.1) is 11.3 Å². The van der Waals surface area contributed by atoms with Gasteiger partial charge in [0.1, 0.15) is 11.0 Å². The van der Waals surface area contributed by atoms with Crippen molar-refractivity contribution in [3.05, 3.63) is 40.4 Å². The van der Waals surface area contributed by atoms with E-state index in [0.717, 1.165) is 21.1 Å². The van der Waals surface area contributed by atoms with Gasteiger partial charge in [0.25, 0.3) is 0 Å². The number of amides is 2. The van der Waals surface area contributed by atoms with Gasteiger partial charge in [-0.2, -0.15) is 0 Å². The van der Waals surface area contributed by atoms with Gasteiger partial charge in [-0.05, 0) is 27.2 Å². The lowest BCUT2D eigenvalue weighted by Crippen LogP contribution is -2.42. The zero-order chi connectivity index (χ0) is 17.3. The van der Waals surface area contributed by atoms with Gasteiger partial charge < -0.3 is 10.6 Å². The maximum Gasteiger partial charge on any atom is 0.243 e. The Kier molecular flexibility index (Phi) is 4.66. The Morgan fingerprint density at radius 2 is 2.04 bits per heavy atom. The summed E-state index contributed by atoms with van der Waals surface area (Å²) in [6, 6.07) is 7.72. The summed E-state index contributed by atoms with van der Waals surface area (Å²) < 4.78 is 0. The fraction of sp³-hybridized carbons (Fsp3) is 0.389. The highest BCUT2D eigenvalue weighted by molar-refractivity contribution is 7.15. The van der Waals surface area contributed by atoms with Crippen LogP contribution in [0.4, 0.5) is 0 Å². The maximum atomic E-state index is 12.3. The molecule has 0 unspecified atom stereocenters. The Balaban J connectivity index is 1.73. The minimum Gasteiger partial charge on any atom is -0.347 e. The second-order valence-corrected chi connectivity index (χ2v) is 7.25. The van der Waals surface area contributed by atoms with E-state index in [2.05, 4.69) is 46.8 Å². The molecule has 6 heteroatoms. The highest BCUT2D eigenvalue weighted by Gasteiger charge is 2.28. The van der Waals surface area contributed by atoms with Gasteiger partial charge in [-0.25, -0.2) is 4.98 Å². The number of nitrogens with one attached hydrogen (secondary N) is 2. The SMILES string of the molecule is Cc1ccc(-c2nc(C)c([C@@H](C)NC(=O)[C@H]3CCC(=O)N3)s2)cc1. The van der Waals surface area contributed by atoms with E-state index in [1.54, 1.807) is 11.3 Å². The Morgan fingerprint density at radius 3 is 2.67 bits per heavy atom. The van der Waals surface area contributed by atoms with Crippen LogP contribution in [0.25, 0.3) is 10.6 Å². The number of carbonyl (C=O) groups is 2. The van der Waals surface area contributed by atoms with Gasteiger partial charge in [-0.1, -0.05) is 29.8 Å². The number of hydrogen-bond acceptors (Lipinski definition) is 4. The molecule has 2 amide bonds. The lowest BCUT2D eigenvalue weighted by atomic mass is 10.1.